The molecule has 1 aromatic heterocycles. The van der Waals surface area contributed by atoms with Gasteiger partial charge < -0.3 is 9.94 Å². The summed E-state index contributed by atoms with van der Waals surface area (Å²) in [6.07, 6.45) is 0. The van der Waals surface area contributed by atoms with Gasteiger partial charge in [-0.25, -0.2) is 0 Å². The second-order valence-electron chi connectivity index (χ2n) is 3.87. The minimum atomic E-state index is -1.36. The van der Waals surface area contributed by atoms with Crippen LogP contribution in [-0.4, -0.2) is 22.7 Å². The minimum absolute atomic E-state index is 0.00917. The number of nitro benzene ring substituents is 1. The van der Waals surface area contributed by atoms with E-state index in [1.807, 2.05) is 0 Å². The number of aromatic nitrogens is 2. The van der Waals surface area contributed by atoms with Gasteiger partial charge in [0.2, 0.25) is 0 Å². The van der Waals surface area contributed by atoms with Gasteiger partial charge in [-0.1, -0.05) is 0 Å². The average molecular weight is 292 g/mol. The zero-order valence-corrected chi connectivity index (χ0v) is 10.7. The summed E-state index contributed by atoms with van der Waals surface area (Å²) >= 11 is 0. The van der Waals surface area contributed by atoms with Crippen LogP contribution in [0.4, 0.5) is 5.69 Å². The van der Waals surface area contributed by atoms with E-state index in [4.69, 9.17) is 10.00 Å². The third-order valence-corrected chi connectivity index (χ3v) is 2.71. The molecule has 10 heteroatoms. The number of hydrogen-bond acceptors (Lipinski definition) is 8. The number of ether oxygens (including phenoxy) is 1. The molecule has 0 fully saturated rings. The molecule has 2 aromatic rings. The van der Waals surface area contributed by atoms with Gasteiger partial charge in [-0.3, -0.25) is 19.5 Å². The van der Waals surface area contributed by atoms with Gasteiger partial charge >= 0.3 is 17.2 Å². The first-order valence-electron chi connectivity index (χ1n) is 5.74. The SMILES string of the molecule is CCOC(=O)C(C#N)c1ccc([N+](=O)[O-])c2c1no[n+]2[O-]. The normalized spacial score (nSPS) is 11.8. The molecule has 10 nitrogen and oxygen atoms in total. The Morgan fingerprint density at radius 3 is 2.95 bits per heavy atom. The number of hydrogen-bond donors (Lipinski definition) is 0. The second-order valence-corrected chi connectivity index (χ2v) is 3.87. The molecule has 0 aliphatic heterocycles. The third kappa shape index (κ3) is 2.32. The van der Waals surface area contributed by atoms with Crippen molar-refractivity contribution in [1.82, 2.24) is 5.16 Å². The molecule has 0 aliphatic carbocycles. The number of nitro groups is 1. The number of nitriles is 1. The van der Waals surface area contributed by atoms with Crippen molar-refractivity contribution >= 4 is 22.7 Å². The Bertz CT molecular complexity index is 762. The minimum Gasteiger partial charge on any atom is -0.465 e. The van der Waals surface area contributed by atoms with Gasteiger partial charge in [0, 0.05) is 16.8 Å². The van der Waals surface area contributed by atoms with Gasteiger partial charge in [0.05, 0.1) is 17.6 Å². The summed E-state index contributed by atoms with van der Waals surface area (Å²) in [5.41, 5.74) is -1.21. The number of carbonyl (C=O) groups is 1. The highest BCUT2D eigenvalue weighted by Crippen LogP contribution is 2.29. The van der Waals surface area contributed by atoms with Crippen molar-refractivity contribution < 1.29 is 24.0 Å². The second kappa shape index (κ2) is 5.41. The maximum atomic E-state index is 11.7. The summed E-state index contributed by atoms with van der Waals surface area (Å²) in [6.45, 7) is 1.63. The van der Waals surface area contributed by atoms with Crippen LogP contribution >= 0.6 is 0 Å². The van der Waals surface area contributed by atoms with Crippen LogP contribution in [0.3, 0.4) is 0 Å². The molecule has 21 heavy (non-hydrogen) atoms. The Morgan fingerprint density at radius 2 is 2.38 bits per heavy atom. The molecule has 1 aromatic carbocycles. The van der Waals surface area contributed by atoms with E-state index in [9.17, 15) is 20.1 Å². The van der Waals surface area contributed by atoms with Gasteiger partial charge in [-0.05, 0) is 17.9 Å². The molecule has 0 saturated carbocycles. The molecule has 1 unspecified atom stereocenters. The van der Waals surface area contributed by atoms with Crippen molar-refractivity contribution in [2.75, 3.05) is 6.61 Å². The van der Waals surface area contributed by atoms with E-state index in [2.05, 4.69) is 9.79 Å². The Morgan fingerprint density at radius 1 is 1.67 bits per heavy atom. The van der Waals surface area contributed by atoms with Crippen LogP contribution in [0.15, 0.2) is 16.8 Å². The third-order valence-electron chi connectivity index (χ3n) is 2.71. The number of rotatable bonds is 4. The lowest BCUT2D eigenvalue weighted by Crippen LogP contribution is -2.24. The van der Waals surface area contributed by atoms with Crippen molar-refractivity contribution in [2.24, 2.45) is 0 Å². The van der Waals surface area contributed by atoms with E-state index in [-0.39, 0.29) is 22.6 Å². The number of fused-ring (bicyclic) bond motifs is 1. The van der Waals surface area contributed by atoms with Crippen LogP contribution in [0.25, 0.3) is 11.0 Å². The van der Waals surface area contributed by atoms with E-state index in [1.54, 1.807) is 13.0 Å². The summed E-state index contributed by atoms with van der Waals surface area (Å²) in [4.78, 5) is 21.7. The Balaban J connectivity index is 2.66. The molecule has 0 saturated heterocycles. The average Bonchev–Trinajstić information content (AvgIpc) is 2.82. The fraction of sp³-hybridized carbons (Fsp3) is 0.273. The van der Waals surface area contributed by atoms with E-state index >= 15 is 0 Å². The van der Waals surface area contributed by atoms with Gasteiger partial charge in [-0.15, -0.1) is 0 Å². The van der Waals surface area contributed by atoms with Crippen LogP contribution in [0.5, 0.6) is 0 Å². The highest BCUT2D eigenvalue weighted by molar-refractivity contribution is 5.91. The smallest absolute Gasteiger partial charge is 0.328 e. The molecule has 0 bridgehead atoms. The van der Waals surface area contributed by atoms with Crippen molar-refractivity contribution in [3.8, 4) is 6.07 Å². The first-order valence-corrected chi connectivity index (χ1v) is 5.74. The van der Waals surface area contributed by atoms with Crippen molar-refractivity contribution in [2.45, 2.75) is 12.8 Å². The molecular formula is C11H8N4O6. The van der Waals surface area contributed by atoms with Crippen molar-refractivity contribution in [3.63, 3.8) is 0 Å². The number of benzene rings is 1. The largest absolute Gasteiger partial charge is 0.465 e. The molecule has 1 atom stereocenters. The van der Waals surface area contributed by atoms with Crippen LogP contribution < -0.4 is 4.90 Å². The molecule has 0 radical (unpaired) electrons. The standard InChI is InChI=1S/C11H8N4O6/c1-2-20-11(16)7(5-12)6-3-4-8(14(17)18)10-9(6)13-21-15(10)19/h3-4,7H,2H2,1H3. The van der Waals surface area contributed by atoms with Crippen LogP contribution in [0, 0.1) is 26.7 Å². The number of non-ortho nitro benzene ring substituents is 1. The van der Waals surface area contributed by atoms with Crippen molar-refractivity contribution in [1.29, 1.82) is 5.26 Å². The van der Waals surface area contributed by atoms with Gasteiger partial charge in [0.1, 0.15) is 0 Å². The lowest BCUT2D eigenvalue weighted by Gasteiger charge is -2.07. The summed E-state index contributed by atoms with van der Waals surface area (Å²) in [7, 11) is 0. The molecule has 0 spiro atoms. The zero-order chi connectivity index (χ0) is 15.6. The molecule has 1 heterocycles. The van der Waals surface area contributed by atoms with E-state index < -0.39 is 28.0 Å². The zero-order valence-electron chi connectivity index (χ0n) is 10.7. The molecular weight excluding hydrogens is 284 g/mol. The molecule has 2 rings (SSSR count). The summed E-state index contributed by atoms with van der Waals surface area (Å²) in [5, 5.41) is 34.8. The number of esters is 1. The molecule has 0 aliphatic rings. The van der Waals surface area contributed by atoms with E-state index in [0.717, 1.165) is 6.07 Å². The lowest BCUT2D eigenvalue weighted by molar-refractivity contribution is -0.783. The fourth-order valence-electron chi connectivity index (χ4n) is 1.83. The molecule has 0 amide bonds. The monoisotopic (exact) mass is 292 g/mol. The molecule has 0 N–H and O–H groups in total. The highest BCUT2D eigenvalue weighted by atomic mass is 16.8. The number of carbonyl (C=O) groups excluding carboxylic acids is 1. The summed E-state index contributed by atoms with van der Waals surface area (Å²) in [6, 6.07) is 3.90. The lowest BCUT2D eigenvalue weighted by atomic mass is 9.98. The molecule has 108 valence electrons. The van der Waals surface area contributed by atoms with E-state index in [1.165, 1.54) is 6.07 Å². The fourth-order valence-corrected chi connectivity index (χ4v) is 1.83. The Hall–Kier alpha value is -3.22. The topological polar surface area (TPSA) is 146 Å². The van der Waals surface area contributed by atoms with Gasteiger partial charge in [-0.2, -0.15) is 5.26 Å². The van der Waals surface area contributed by atoms with Crippen LogP contribution in [0.2, 0.25) is 0 Å². The predicted molar refractivity (Wildman–Crippen MR) is 64.6 cm³/mol. The van der Waals surface area contributed by atoms with Crippen LogP contribution in [-0.2, 0) is 9.53 Å². The predicted octanol–water partition coefficient (Wildman–Crippen LogP) is 0.540. The summed E-state index contributed by atoms with van der Waals surface area (Å²) < 4.78 is 9.07. The first kappa shape index (κ1) is 14.2. The van der Waals surface area contributed by atoms with E-state index in [0.29, 0.717) is 0 Å². The highest BCUT2D eigenvalue weighted by Gasteiger charge is 2.33. The Labute approximate surface area is 116 Å². The first-order chi connectivity index (χ1) is 10.0. The Kier molecular flexibility index (Phi) is 3.66. The van der Waals surface area contributed by atoms with Crippen LogP contribution in [0.1, 0.15) is 18.4 Å². The van der Waals surface area contributed by atoms with Gasteiger partial charge in [0.25, 0.3) is 5.52 Å². The summed E-state index contributed by atoms with van der Waals surface area (Å²) in [5.74, 6) is -2.20. The quantitative estimate of drug-likeness (QED) is 0.343. The van der Waals surface area contributed by atoms with Gasteiger partial charge in [0.15, 0.2) is 5.92 Å². The maximum Gasteiger partial charge on any atom is 0.328 e. The maximum absolute atomic E-state index is 11.7. The van der Waals surface area contributed by atoms with Crippen molar-refractivity contribution in [3.05, 3.63) is 33.0 Å². The number of nitrogens with zero attached hydrogens (tertiary/aromatic N) is 4.